The average molecular weight is 989 g/mol. The van der Waals surface area contributed by atoms with Crippen molar-refractivity contribution in [3.05, 3.63) is 323 Å². The molecule has 0 radical (unpaired) electrons. The number of carbonyl (C=O) groups excluding carboxylic acids is 1. The summed E-state index contributed by atoms with van der Waals surface area (Å²) in [6.45, 7) is 0. The molecule has 18 rings (SSSR count). The van der Waals surface area contributed by atoms with Crippen molar-refractivity contribution in [2.75, 3.05) is 0 Å². The van der Waals surface area contributed by atoms with Crippen LogP contribution in [-0.4, -0.2) is 14.9 Å². The van der Waals surface area contributed by atoms with Gasteiger partial charge in [-0.05, 0) is 150 Å². The highest BCUT2D eigenvalue weighted by molar-refractivity contribution is 6.13. The van der Waals surface area contributed by atoms with Crippen molar-refractivity contribution >= 4 is 49.4 Å². The molecular formula is C75H44N2O. The number of aromatic nitrogens is 2. The summed E-state index contributed by atoms with van der Waals surface area (Å²) in [5.74, 6) is 0.00823. The third-order valence-electron chi connectivity index (χ3n) is 18.3. The molecule has 0 bridgehead atoms. The quantitative estimate of drug-likeness (QED) is 0.161. The average Bonchev–Trinajstić information content (AvgIpc) is 4.44. The highest BCUT2D eigenvalue weighted by atomic mass is 16.1. The fourth-order valence-electron chi connectivity index (χ4n) is 15.4. The van der Waals surface area contributed by atoms with E-state index in [4.69, 9.17) is 0 Å². The molecule has 2 aromatic heterocycles. The number of rotatable bonds is 4. The van der Waals surface area contributed by atoms with Crippen LogP contribution in [0.5, 0.6) is 0 Å². The van der Waals surface area contributed by atoms with Crippen LogP contribution in [0.4, 0.5) is 0 Å². The molecule has 3 nitrogen and oxygen atoms in total. The van der Waals surface area contributed by atoms with Crippen LogP contribution in [0.1, 0.15) is 60.4 Å². The summed E-state index contributed by atoms with van der Waals surface area (Å²) in [7, 11) is 0. The Morgan fingerprint density at radius 2 is 0.500 bits per heavy atom. The molecule has 360 valence electrons. The zero-order valence-corrected chi connectivity index (χ0v) is 42.2. The fourth-order valence-corrected chi connectivity index (χ4v) is 15.4. The number of para-hydroxylation sites is 4. The molecule has 0 fully saturated rings. The number of hydrogen-bond donors (Lipinski definition) is 0. The fraction of sp³-hybridized carbons (Fsp3) is 0.0267. The smallest absolute Gasteiger partial charge is 0.193 e. The topological polar surface area (TPSA) is 26.9 Å². The van der Waals surface area contributed by atoms with Crippen molar-refractivity contribution < 1.29 is 4.79 Å². The standard InChI is InChI=1S/C75H44N2O/c78-73(45-33-37-53-51-19-3-11-27-63(51)74(65(53)41-45)61-25-9-1-17-49(61)50-18-2-10-26-62(50)74)46-34-38-54-52-20-4-12-28-64(52)75(66(54)42-46)67-43-47(76-69-29-13-5-21-57(69)58-22-6-14-30-70(58)76)35-39-55(67)56-40-36-48(44-68(56)75)77-71-31-15-7-23-59(71)60-24-8-16-32-72(60)77/h1-44H. The Bertz CT molecular complexity index is 4690. The van der Waals surface area contributed by atoms with Gasteiger partial charge in [-0.1, -0.05) is 206 Å². The number of fused-ring (bicyclic) bond motifs is 26. The van der Waals surface area contributed by atoms with Crippen LogP contribution in [0.2, 0.25) is 0 Å². The first-order valence-electron chi connectivity index (χ1n) is 27.1. The highest BCUT2D eigenvalue weighted by Crippen LogP contribution is 2.65. The molecule has 4 aliphatic rings. The number of nitrogens with zero attached hydrogens (tertiary/aromatic N) is 2. The summed E-state index contributed by atoms with van der Waals surface area (Å²) < 4.78 is 4.87. The zero-order chi connectivity index (χ0) is 51.0. The molecule has 0 N–H and O–H groups in total. The molecular weight excluding hydrogens is 945 g/mol. The van der Waals surface area contributed by atoms with Crippen molar-refractivity contribution in [3.63, 3.8) is 0 Å². The Morgan fingerprint density at radius 3 is 0.846 bits per heavy atom. The van der Waals surface area contributed by atoms with Gasteiger partial charge in [0.05, 0.1) is 32.9 Å². The van der Waals surface area contributed by atoms with Gasteiger partial charge in [0.2, 0.25) is 0 Å². The first kappa shape index (κ1) is 42.2. The lowest BCUT2D eigenvalue weighted by Gasteiger charge is -2.31. The molecule has 4 aliphatic carbocycles. The molecule has 0 amide bonds. The van der Waals surface area contributed by atoms with E-state index in [0.29, 0.717) is 11.1 Å². The molecule has 78 heavy (non-hydrogen) atoms. The summed E-state index contributed by atoms with van der Waals surface area (Å²) in [6, 6.07) is 97.9. The normalized spacial score (nSPS) is 14.2. The number of benzene rings is 12. The van der Waals surface area contributed by atoms with Gasteiger partial charge in [-0.3, -0.25) is 4.79 Å². The lowest BCUT2D eigenvalue weighted by molar-refractivity contribution is 0.103. The van der Waals surface area contributed by atoms with Crippen molar-refractivity contribution in [1.82, 2.24) is 9.13 Å². The van der Waals surface area contributed by atoms with Gasteiger partial charge >= 0.3 is 0 Å². The van der Waals surface area contributed by atoms with E-state index in [1.54, 1.807) is 0 Å². The summed E-state index contributed by atoms with van der Waals surface area (Å²) >= 11 is 0. The van der Waals surface area contributed by atoms with Crippen molar-refractivity contribution in [1.29, 1.82) is 0 Å². The molecule has 0 saturated carbocycles. The first-order chi connectivity index (χ1) is 38.6. The number of ketones is 1. The van der Waals surface area contributed by atoms with Crippen LogP contribution < -0.4 is 0 Å². The van der Waals surface area contributed by atoms with Gasteiger partial charge in [-0.2, -0.15) is 0 Å². The second-order valence-corrected chi connectivity index (χ2v) is 21.7. The maximum atomic E-state index is 15.9. The minimum Gasteiger partial charge on any atom is -0.309 e. The van der Waals surface area contributed by atoms with E-state index in [0.717, 1.165) is 28.1 Å². The van der Waals surface area contributed by atoms with E-state index in [-0.39, 0.29) is 5.78 Å². The number of carbonyl (C=O) groups is 1. The van der Waals surface area contributed by atoms with Gasteiger partial charge in [0, 0.05) is 44.0 Å². The number of hydrogen-bond acceptors (Lipinski definition) is 1. The van der Waals surface area contributed by atoms with Crippen LogP contribution in [-0.2, 0) is 10.8 Å². The predicted octanol–water partition coefficient (Wildman–Crippen LogP) is 17.8. The van der Waals surface area contributed by atoms with Gasteiger partial charge in [0.25, 0.3) is 0 Å². The van der Waals surface area contributed by atoms with E-state index in [1.165, 1.54) is 116 Å². The minimum absolute atomic E-state index is 0.00823. The van der Waals surface area contributed by atoms with E-state index in [2.05, 4.69) is 276 Å². The molecule has 2 heterocycles. The van der Waals surface area contributed by atoms with Gasteiger partial charge < -0.3 is 9.13 Å². The largest absolute Gasteiger partial charge is 0.309 e. The molecule has 0 saturated heterocycles. The second kappa shape index (κ2) is 15.1. The van der Waals surface area contributed by atoms with Crippen LogP contribution in [0, 0.1) is 0 Å². The molecule has 3 heteroatoms. The molecule has 0 atom stereocenters. The summed E-state index contributed by atoms with van der Waals surface area (Å²) in [5.41, 5.74) is 26.2. The molecule has 12 aromatic carbocycles. The van der Waals surface area contributed by atoms with Crippen molar-refractivity contribution in [2.24, 2.45) is 0 Å². The SMILES string of the molecule is O=C(c1ccc2c(c1)C1(c3ccccc3-c3ccccc31)c1ccccc1-2)c1ccc2c(c1)C1(c3ccccc3-2)c2cc(-n3c4ccccc4c4ccccc43)ccc2-c2ccc(-n3c4ccccc4c4ccccc43)cc21. The van der Waals surface area contributed by atoms with Crippen LogP contribution in [0.25, 0.3) is 99.5 Å². The van der Waals surface area contributed by atoms with Crippen molar-refractivity contribution in [3.8, 4) is 55.9 Å². The van der Waals surface area contributed by atoms with Gasteiger partial charge in [0.15, 0.2) is 5.78 Å². The zero-order valence-electron chi connectivity index (χ0n) is 42.2. The molecule has 2 spiro atoms. The van der Waals surface area contributed by atoms with Crippen molar-refractivity contribution in [2.45, 2.75) is 10.8 Å². The van der Waals surface area contributed by atoms with E-state index < -0.39 is 10.8 Å². The van der Waals surface area contributed by atoms with E-state index in [9.17, 15) is 0 Å². The predicted molar refractivity (Wildman–Crippen MR) is 318 cm³/mol. The van der Waals surface area contributed by atoms with Crippen LogP contribution >= 0.6 is 0 Å². The molecule has 0 unspecified atom stereocenters. The monoisotopic (exact) mass is 988 g/mol. The summed E-state index contributed by atoms with van der Waals surface area (Å²) in [6.07, 6.45) is 0. The lowest BCUT2D eigenvalue weighted by Crippen LogP contribution is -2.27. The third-order valence-corrected chi connectivity index (χ3v) is 18.3. The van der Waals surface area contributed by atoms with E-state index in [1.807, 2.05) is 0 Å². The Labute approximate surface area is 450 Å². The summed E-state index contributed by atoms with van der Waals surface area (Å²) in [5, 5.41) is 4.91. The Morgan fingerprint density at radius 1 is 0.244 bits per heavy atom. The van der Waals surface area contributed by atoms with Crippen LogP contribution in [0.3, 0.4) is 0 Å². The third kappa shape index (κ3) is 5.08. The second-order valence-electron chi connectivity index (χ2n) is 21.7. The maximum absolute atomic E-state index is 15.9. The Balaban J connectivity index is 0.884. The van der Waals surface area contributed by atoms with E-state index >= 15 is 4.79 Å². The summed E-state index contributed by atoms with van der Waals surface area (Å²) in [4.78, 5) is 15.9. The Hall–Kier alpha value is -10.1. The molecule has 0 aliphatic heterocycles. The Kier molecular flexibility index (Phi) is 8.14. The van der Waals surface area contributed by atoms with Gasteiger partial charge in [-0.15, -0.1) is 0 Å². The van der Waals surface area contributed by atoms with Gasteiger partial charge in [0.1, 0.15) is 0 Å². The van der Waals surface area contributed by atoms with Crippen LogP contribution in [0.15, 0.2) is 267 Å². The first-order valence-corrected chi connectivity index (χ1v) is 27.1. The minimum atomic E-state index is -0.780. The lowest BCUT2D eigenvalue weighted by atomic mass is 9.69. The maximum Gasteiger partial charge on any atom is 0.193 e. The van der Waals surface area contributed by atoms with Gasteiger partial charge in [-0.25, -0.2) is 0 Å². The molecule has 14 aromatic rings. The highest BCUT2D eigenvalue weighted by Gasteiger charge is 2.54.